The minimum absolute atomic E-state index is 0.216. The molecule has 0 aliphatic carbocycles. The molecule has 1 aromatic carbocycles. The van der Waals surface area contributed by atoms with E-state index in [1.165, 1.54) is 0 Å². The van der Waals surface area contributed by atoms with Crippen molar-refractivity contribution in [3.05, 3.63) is 24.0 Å². The standard InChI is InChI=1S/C24H42BFN2O3Si/c1-22(2,3)32(8,9)29-17-16-27-12-14-28(15-13-27)21-11-10-19(18-20(21)26)25-30-23(4,5)24(6,7)31-25/h10-11,18H,12-17H2,1-9H3. The van der Waals surface area contributed by atoms with Crippen molar-refractivity contribution in [2.45, 2.75) is 77.8 Å². The molecule has 2 aliphatic rings. The number of hydrogen-bond donors (Lipinski definition) is 0. The van der Waals surface area contributed by atoms with Gasteiger partial charge in [0.2, 0.25) is 0 Å². The number of benzene rings is 1. The first-order valence-corrected chi connectivity index (χ1v) is 14.8. The third kappa shape index (κ3) is 5.41. The highest BCUT2D eigenvalue weighted by Crippen LogP contribution is 2.37. The van der Waals surface area contributed by atoms with Gasteiger partial charge in [-0.05, 0) is 63.4 Å². The fourth-order valence-electron chi connectivity index (χ4n) is 3.76. The molecule has 0 N–H and O–H groups in total. The number of rotatable bonds is 6. The van der Waals surface area contributed by atoms with Crippen molar-refractivity contribution in [1.82, 2.24) is 4.90 Å². The second-order valence-corrected chi connectivity index (χ2v) is 16.5. The van der Waals surface area contributed by atoms with Crippen molar-refractivity contribution in [1.29, 1.82) is 0 Å². The van der Waals surface area contributed by atoms with Crippen molar-refractivity contribution in [2.75, 3.05) is 44.2 Å². The van der Waals surface area contributed by atoms with Crippen LogP contribution in [0.25, 0.3) is 0 Å². The first-order chi connectivity index (χ1) is 14.6. The second-order valence-electron chi connectivity index (χ2n) is 11.7. The Bertz CT molecular complexity index is 789. The fraction of sp³-hybridized carbons (Fsp3) is 0.750. The molecule has 0 radical (unpaired) electrons. The van der Waals surface area contributed by atoms with Crippen LogP contribution in [0.3, 0.4) is 0 Å². The molecule has 32 heavy (non-hydrogen) atoms. The summed E-state index contributed by atoms with van der Waals surface area (Å²) in [6.45, 7) is 24.6. The van der Waals surface area contributed by atoms with Crippen LogP contribution in [0.1, 0.15) is 48.5 Å². The fourth-order valence-corrected chi connectivity index (χ4v) is 4.80. The van der Waals surface area contributed by atoms with Crippen molar-refractivity contribution in [2.24, 2.45) is 0 Å². The predicted octanol–water partition coefficient (Wildman–Crippen LogP) is 4.27. The van der Waals surface area contributed by atoms with E-state index in [2.05, 4.69) is 43.7 Å². The highest BCUT2D eigenvalue weighted by atomic mass is 28.4. The van der Waals surface area contributed by atoms with Gasteiger partial charge in [0.25, 0.3) is 0 Å². The molecule has 0 unspecified atom stereocenters. The number of halogens is 1. The molecule has 5 nitrogen and oxygen atoms in total. The van der Waals surface area contributed by atoms with E-state index in [4.69, 9.17) is 13.7 Å². The summed E-state index contributed by atoms with van der Waals surface area (Å²) in [5, 5.41) is 0.232. The topological polar surface area (TPSA) is 34.2 Å². The van der Waals surface area contributed by atoms with E-state index in [0.717, 1.165) is 44.8 Å². The molecule has 3 rings (SSSR count). The summed E-state index contributed by atoms with van der Waals surface area (Å²) in [6, 6.07) is 5.36. The van der Waals surface area contributed by atoms with E-state index >= 15 is 4.39 Å². The molecule has 0 amide bonds. The summed E-state index contributed by atoms with van der Waals surface area (Å²) < 4.78 is 33.5. The molecule has 0 spiro atoms. The Kier molecular flexibility index (Phi) is 7.24. The zero-order chi connectivity index (χ0) is 23.9. The van der Waals surface area contributed by atoms with E-state index in [1.807, 2.05) is 39.8 Å². The Hall–Kier alpha value is -0.928. The molecule has 2 fully saturated rings. The van der Waals surface area contributed by atoms with Crippen LogP contribution in [0.5, 0.6) is 0 Å². The number of piperazine rings is 1. The number of nitrogens with zero attached hydrogens (tertiary/aromatic N) is 2. The van der Waals surface area contributed by atoms with Crippen LogP contribution in [0, 0.1) is 5.82 Å². The zero-order valence-electron chi connectivity index (χ0n) is 21.5. The molecule has 8 heteroatoms. The van der Waals surface area contributed by atoms with E-state index in [9.17, 15) is 0 Å². The monoisotopic (exact) mass is 464 g/mol. The first-order valence-electron chi connectivity index (χ1n) is 11.9. The van der Waals surface area contributed by atoms with Gasteiger partial charge in [0, 0.05) is 39.3 Å². The van der Waals surface area contributed by atoms with Crippen LogP contribution < -0.4 is 10.4 Å². The molecule has 180 valence electrons. The van der Waals surface area contributed by atoms with Crippen molar-refractivity contribution < 1.29 is 18.1 Å². The van der Waals surface area contributed by atoms with Crippen LogP contribution >= 0.6 is 0 Å². The maximum atomic E-state index is 15.0. The minimum atomic E-state index is -1.71. The Morgan fingerprint density at radius 3 is 2.09 bits per heavy atom. The Morgan fingerprint density at radius 1 is 1.03 bits per heavy atom. The Balaban J connectivity index is 1.53. The molecule has 0 aromatic heterocycles. The van der Waals surface area contributed by atoms with Crippen molar-refractivity contribution in [3.63, 3.8) is 0 Å². The van der Waals surface area contributed by atoms with E-state index in [-0.39, 0.29) is 10.9 Å². The molecule has 2 aliphatic heterocycles. The van der Waals surface area contributed by atoms with Crippen LogP contribution in [0.2, 0.25) is 18.1 Å². The van der Waals surface area contributed by atoms with Crippen LogP contribution in [0.15, 0.2) is 18.2 Å². The summed E-state index contributed by atoms with van der Waals surface area (Å²) in [5.41, 5.74) is 0.517. The Labute approximate surface area is 195 Å². The highest BCUT2D eigenvalue weighted by Gasteiger charge is 2.51. The lowest BCUT2D eigenvalue weighted by Gasteiger charge is -2.39. The number of hydrogen-bond acceptors (Lipinski definition) is 5. The lowest BCUT2D eigenvalue weighted by Crippen LogP contribution is -2.49. The second kappa shape index (κ2) is 9.02. The van der Waals surface area contributed by atoms with Gasteiger partial charge in [-0.2, -0.15) is 0 Å². The van der Waals surface area contributed by atoms with Gasteiger partial charge in [0.1, 0.15) is 5.82 Å². The maximum absolute atomic E-state index is 15.0. The van der Waals surface area contributed by atoms with Crippen molar-refractivity contribution >= 4 is 26.6 Å². The minimum Gasteiger partial charge on any atom is -0.416 e. The summed E-state index contributed by atoms with van der Waals surface area (Å²) in [7, 11) is -2.25. The third-order valence-corrected chi connectivity index (χ3v) is 12.4. The van der Waals surface area contributed by atoms with Gasteiger partial charge in [-0.3, -0.25) is 4.90 Å². The van der Waals surface area contributed by atoms with Gasteiger partial charge in [-0.15, -0.1) is 0 Å². The van der Waals surface area contributed by atoms with Crippen molar-refractivity contribution in [3.8, 4) is 0 Å². The maximum Gasteiger partial charge on any atom is 0.494 e. The highest BCUT2D eigenvalue weighted by molar-refractivity contribution is 6.74. The molecule has 0 saturated carbocycles. The lowest BCUT2D eigenvalue weighted by atomic mass is 9.79. The zero-order valence-corrected chi connectivity index (χ0v) is 22.5. The lowest BCUT2D eigenvalue weighted by molar-refractivity contribution is 0.00578. The summed E-state index contributed by atoms with van der Waals surface area (Å²) >= 11 is 0. The van der Waals surface area contributed by atoms with Crippen LogP contribution in [-0.2, 0) is 13.7 Å². The molecule has 1 aromatic rings. The SMILES string of the molecule is CC1(C)OB(c2ccc(N3CCN(CCO[Si](C)(C)C(C)(C)C)CC3)c(F)c2)OC1(C)C. The Morgan fingerprint density at radius 2 is 1.59 bits per heavy atom. The van der Waals surface area contributed by atoms with Gasteiger partial charge in [0.05, 0.1) is 16.9 Å². The largest absolute Gasteiger partial charge is 0.494 e. The quantitative estimate of drug-likeness (QED) is 0.588. The van der Waals surface area contributed by atoms with Gasteiger partial charge in [0.15, 0.2) is 8.32 Å². The van der Waals surface area contributed by atoms with Crippen LogP contribution in [0.4, 0.5) is 10.1 Å². The molecule has 2 saturated heterocycles. The third-order valence-electron chi connectivity index (χ3n) is 7.89. The molecular weight excluding hydrogens is 422 g/mol. The molecule has 0 atom stereocenters. The normalized spacial score (nSPS) is 21.9. The van der Waals surface area contributed by atoms with E-state index < -0.39 is 26.6 Å². The molecule has 2 heterocycles. The average Bonchev–Trinajstić information content (AvgIpc) is 2.89. The molecule has 0 bridgehead atoms. The number of anilines is 1. The predicted molar refractivity (Wildman–Crippen MR) is 134 cm³/mol. The van der Waals surface area contributed by atoms with E-state index in [0.29, 0.717) is 5.69 Å². The van der Waals surface area contributed by atoms with E-state index in [1.54, 1.807) is 6.07 Å². The first kappa shape index (κ1) is 25.7. The average molecular weight is 465 g/mol. The summed E-state index contributed by atoms with van der Waals surface area (Å²) in [4.78, 5) is 4.55. The van der Waals surface area contributed by atoms with Gasteiger partial charge in [-0.1, -0.05) is 26.8 Å². The van der Waals surface area contributed by atoms with Gasteiger partial charge in [-0.25, -0.2) is 4.39 Å². The summed E-state index contributed by atoms with van der Waals surface area (Å²) in [6.07, 6.45) is 0. The molecular formula is C24H42BFN2O3Si. The summed E-state index contributed by atoms with van der Waals surface area (Å²) in [5.74, 6) is -0.216. The van der Waals surface area contributed by atoms with Gasteiger partial charge < -0.3 is 18.6 Å². The van der Waals surface area contributed by atoms with Gasteiger partial charge >= 0.3 is 7.12 Å². The smallest absolute Gasteiger partial charge is 0.416 e. The van der Waals surface area contributed by atoms with Crippen LogP contribution in [-0.4, -0.2) is 70.9 Å².